The van der Waals surface area contributed by atoms with Gasteiger partial charge in [-0.25, -0.2) is 4.79 Å². The van der Waals surface area contributed by atoms with Crippen molar-refractivity contribution in [3.63, 3.8) is 0 Å². The topological polar surface area (TPSA) is 156 Å². The summed E-state index contributed by atoms with van der Waals surface area (Å²) < 4.78 is 21.2. The van der Waals surface area contributed by atoms with E-state index in [1.54, 1.807) is 0 Å². The molecule has 0 amide bonds. The minimum atomic E-state index is -1.31. The molecule has 0 saturated carbocycles. The standard InChI is InChI=1S/C21H22O10/c1-28-15-6-10(21(27)30-3)16-18(26)17-12(24)4-9(11(7-22)13(25)8-23)5-14(17)31-20(16)19(15)29-2/h4-6,11,13,22-25H,7-8H2,1-3H3. The predicted molar refractivity (Wildman–Crippen MR) is 109 cm³/mol. The Morgan fingerprint density at radius 3 is 2.32 bits per heavy atom. The highest BCUT2D eigenvalue weighted by Crippen LogP contribution is 2.40. The van der Waals surface area contributed by atoms with Gasteiger partial charge in [0.2, 0.25) is 11.2 Å². The molecule has 1 aromatic heterocycles. The summed E-state index contributed by atoms with van der Waals surface area (Å²) in [5.74, 6) is -2.10. The summed E-state index contributed by atoms with van der Waals surface area (Å²) >= 11 is 0. The van der Waals surface area contributed by atoms with Crippen LogP contribution in [0, 0.1) is 0 Å². The average molecular weight is 434 g/mol. The number of hydrogen-bond donors (Lipinski definition) is 4. The van der Waals surface area contributed by atoms with Gasteiger partial charge in [-0.3, -0.25) is 4.79 Å². The Bertz CT molecular complexity index is 1200. The number of carbonyl (C=O) groups excluding carboxylic acids is 1. The first-order valence-corrected chi connectivity index (χ1v) is 9.19. The van der Waals surface area contributed by atoms with Gasteiger partial charge in [0, 0.05) is 5.92 Å². The Kier molecular flexibility index (Phi) is 6.34. The van der Waals surface area contributed by atoms with E-state index >= 15 is 0 Å². The molecule has 0 aliphatic rings. The number of rotatable bonds is 7. The molecule has 0 spiro atoms. The maximum absolute atomic E-state index is 13.3. The van der Waals surface area contributed by atoms with E-state index in [-0.39, 0.29) is 44.6 Å². The second kappa shape index (κ2) is 8.80. The Hall–Kier alpha value is -3.34. The number of aromatic hydroxyl groups is 1. The molecule has 4 N–H and O–H groups in total. The molecule has 166 valence electrons. The van der Waals surface area contributed by atoms with Crippen LogP contribution in [0.1, 0.15) is 21.8 Å². The molecule has 3 aromatic rings. The van der Waals surface area contributed by atoms with E-state index in [2.05, 4.69) is 0 Å². The monoisotopic (exact) mass is 434 g/mol. The Morgan fingerprint density at radius 2 is 1.77 bits per heavy atom. The molecule has 10 nitrogen and oxygen atoms in total. The van der Waals surface area contributed by atoms with Crippen LogP contribution in [0.15, 0.2) is 27.4 Å². The third kappa shape index (κ3) is 3.65. The molecule has 31 heavy (non-hydrogen) atoms. The van der Waals surface area contributed by atoms with E-state index in [0.29, 0.717) is 0 Å². The van der Waals surface area contributed by atoms with Crippen LogP contribution < -0.4 is 14.9 Å². The van der Waals surface area contributed by atoms with Crippen LogP contribution in [0.5, 0.6) is 17.2 Å². The maximum atomic E-state index is 13.3. The first-order valence-electron chi connectivity index (χ1n) is 9.19. The third-order valence-electron chi connectivity index (χ3n) is 5.08. The number of phenols is 1. The van der Waals surface area contributed by atoms with Gasteiger partial charge in [-0.15, -0.1) is 0 Å². The van der Waals surface area contributed by atoms with Crippen molar-refractivity contribution >= 4 is 27.9 Å². The van der Waals surface area contributed by atoms with Crippen molar-refractivity contribution in [2.45, 2.75) is 12.0 Å². The molecule has 2 aromatic carbocycles. The number of aliphatic hydroxyl groups excluding tert-OH is 3. The van der Waals surface area contributed by atoms with Crippen molar-refractivity contribution in [2.24, 2.45) is 0 Å². The highest BCUT2D eigenvalue weighted by molar-refractivity contribution is 6.08. The zero-order chi connectivity index (χ0) is 22.9. The van der Waals surface area contributed by atoms with Crippen molar-refractivity contribution in [1.29, 1.82) is 0 Å². The van der Waals surface area contributed by atoms with Gasteiger partial charge in [0.25, 0.3) is 0 Å². The van der Waals surface area contributed by atoms with Crippen LogP contribution in [0.4, 0.5) is 0 Å². The summed E-state index contributed by atoms with van der Waals surface area (Å²) in [6, 6.07) is 3.82. The quantitative estimate of drug-likeness (QED) is 0.311. The summed E-state index contributed by atoms with van der Waals surface area (Å²) in [7, 11) is 3.82. The molecule has 3 rings (SSSR count). The summed E-state index contributed by atoms with van der Waals surface area (Å²) in [5, 5.41) is 39.0. The number of benzene rings is 2. The van der Waals surface area contributed by atoms with Gasteiger partial charge in [0.05, 0.1) is 51.6 Å². The highest BCUT2D eigenvalue weighted by atomic mass is 16.5. The predicted octanol–water partition coefficient (Wildman–Crippen LogP) is 0.885. The van der Waals surface area contributed by atoms with Gasteiger partial charge in [-0.1, -0.05) is 0 Å². The molecular formula is C21H22O10. The van der Waals surface area contributed by atoms with Gasteiger partial charge >= 0.3 is 5.97 Å². The maximum Gasteiger partial charge on any atom is 0.338 e. The molecule has 0 fully saturated rings. The van der Waals surface area contributed by atoms with Gasteiger partial charge in [0.15, 0.2) is 11.3 Å². The first-order chi connectivity index (χ1) is 14.8. The zero-order valence-corrected chi connectivity index (χ0v) is 17.0. The number of aliphatic hydroxyl groups is 3. The van der Waals surface area contributed by atoms with Crippen LogP contribution >= 0.6 is 0 Å². The molecule has 0 aliphatic carbocycles. The fourth-order valence-electron chi connectivity index (χ4n) is 3.51. The van der Waals surface area contributed by atoms with Crippen molar-refractivity contribution in [2.75, 3.05) is 34.5 Å². The number of carbonyl (C=O) groups is 1. The lowest BCUT2D eigenvalue weighted by molar-refractivity contribution is 0.0526. The molecule has 2 unspecified atom stereocenters. The first kappa shape index (κ1) is 22.3. The van der Waals surface area contributed by atoms with Crippen LogP contribution in [-0.2, 0) is 4.74 Å². The highest BCUT2D eigenvalue weighted by Gasteiger charge is 2.27. The summed E-state index contributed by atoms with van der Waals surface area (Å²) in [6.45, 7) is -1.16. The van der Waals surface area contributed by atoms with Crippen molar-refractivity contribution in [1.82, 2.24) is 0 Å². The number of methoxy groups -OCH3 is 3. The van der Waals surface area contributed by atoms with Crippen LogP contribution in [-0.4, -0.2) is 67.0 Å². The Labute approximate surface area is 175 Å². The van der Waals surface area contributed by atoms with Gasteiger partial charge in [-0.2, -0.15) is 0 Å². The number of esters is 1. The van der Waals surface area contributed by atoms with E-state index in [9.17, 15) is 30.0 Å². The van der Waals surface area contributed by atoms with Crippen LogP contribution in [0.25, 0.3) is 21.9 Å². The number of phenolic OH excluding ortho intramolecular Hbond substituents is 1. The summed E-state index contributed by atoms with van der Waals surface area (Å²) in [6.07, 6.45) is -1.31. The minimum absolute atomic E-state index is 0.0446. The lowest BCUT2D eigenvalue weighted by Gasteiger charge is -2.20. The van der Waals surface area contributed by atoms with E-state index in [0.717, 1.165) is 7.11 Å². The SMILES string of the molecule is COC(=O)c1cc(OC)c(OC)c2oc3cc(C(CO)C(O)CO)cc(O)c3c(=O)c12. The van der Waals surface area contributed by atoms with Crippen LogP contribution in [0.3, 0.4) is 0 Å². The molecule has 10 heteroatoms. The normalized spacial score (nSPS) is 13.2. The van der Waals surface area contributed by atoms with Crippen molar-refractivity contribution in [3.05, 3.63) is 39.5 Å². The van der Waals surface area contributed by atoms with E-state index in [1.807, 2.05) is 0 Å². The van der Waals surface area contributed by atoms with Gasteiger partial charge in [0.1, 0.15) is 16.7 Å². The summed E-state index contributed by atoms with van der Waals surface area (Å²) in [4.78, 5) is 25.6. The Balaban J connectivity index is 2.48. The largest absolute Gasteiger partial charge is 0.507 e. The van der Waals surface area contributed by atoms with Gasteiger partial charge in [-0.05, 0) is 23.8 Å². The molecule has 0 radical (unpaired) electrons. The fraction of sp³-hybridized carbons (Fsp3) is 0.333. The number of fused-ring (bicyclic) bond motifs is 2. The van der Waals surface area contributed by atoms with Crippen molar-refractivity contribution in [3.8, 4) is 17.2 Å². The second-order valence-corrected chi connectivity index (χ2v) is 6.74. The molecule has 1 heterocycles. The van der Waals surface area contributed by atoms with Crippen molar-refractivity contribution < 1.29 is 43.8 Å². The van der Waals surface area contributed by atoms with E-state index < -0.39 is 42.4 Å². The smallest absolute Gasteiger partial charge is 0.338 e. The third-order valence-corrected chi connectivity index (χ3v) is 5.08. The fourth-order valence-corrected chi connectivity index (χ4v) is 3.51. The number of ether oxygens (including phenoxy) is 3. The molecule has 0 saturated heterocycles. The zero-order valence-electron chi connectivity index (χ0n) is 17.0. The van der Waals surface area contributed by atoms with E-state index in [4.69, 9.17) is 18.6 Å². The van der Waals surface area contributed by atoms with Crippen LogP contribution in [0.2, 0.25) is 0 Å². The lowest BCUT2D eigenvalue weighted by Crippen LogP contribution is -2.25. The summed E-state index contributed by atoms with van der Waals surface area (Å²) in [5.41, 5.74) is -0.826. The Morgan fingerprint density at radius 1 is 1.06 bits per heavy atom. The average Bonchev–Trinajstić information content (AvgIpc) is 2.77. The molecule has 0 bridgehead atoms. The second-order valence-electron chi connectivity index (χ2n) is 6.74. The van der Waals surface area contributed by atoms with E-state index in [1.165, 1.54) is 32.4 Å². The molecule has 0 aliphatic heterocycles. The molecular weight excluding hydrogens is 412 g/mol. The molecule has 2 atom stereocenters. The van der Waals surface area contributed by atoms with Gasteiger partial charge < -0.3 is 39.1 Å². The number of hydrogen-bond acceptors (Lipinski definition) is 10. The lowest BCUT2D eigenvalue weighted by atomic mass is 9.93. The minimum Gasteiger partial charge on any atom is -0.507 e.